The summed E-state index contributed by atoms with van der Waals surface area (Å²) in [7, 11) is 0. The Hall–Kier alpha value is -1.52. The average molecular weight is 354 g/mol. The minimum absolute atomic E-state index is 0.144. The molecule has 1 amide bonds. The third-order valence-corrected chi connectivity index (χ3v) is 3.78. The third kappa shape index (κ3) is 3.99. The highest BCUT2D eigenvalue weighted by Gasteiger charge is 2.09. The van der Waals surface area contributed by atoms with E-state index in [0.717, 1.165) is 22.1 Å². The maximum atomic E-state index is 12.0. The van der Waals surface area contributed by atoms with Crippen LogP contribution in [0.3, 0.4) is 0 Å². The van der Waals surface area contributed by atoms with Gasteiger partial charge in [0, 0.05) is 21.7 Å². The van der Waals surface area contributed by atoms with E-state index >= 15 is 0 Å². The molecule has 5 heteroatoms. The predicted octanol–water partition coefficient (Wildman–Crippen LogP) is 3.66. The van der Waals surface area contributed by atoms with Crippen molar-refractivity contribution < 1.29 is 4.79 Å². The van der Waals surface area contributed by atoms with Gasteiger partial charge >= 0.3 is 0 Å². The molecular formula is C15H14BrClN2O. The van der Waals surface area contributed by atoms with Crippen LogP contribution in [0.25, 0.3) is 0 Å². The van der Waals surface area contributed by atoms with Crippen LogP contribution in [0, 0.1) is 0 Å². The Bertz CT molecular complexity index is 614. The summed E-state index contributed by atoms with van der Waals surface area (Å²) >= 11 is 9.24. The van der Waals surface area contributed by atoms with E-state index in [1.807, 2.05) is 24.3 Å². The number of nitrogens with two attached hydrogens (primary N) is 1. The number of hydrogen-bond acceptors (Lipinski definition) is 2. The fraction of sp³-hybridized carbons (Fsp3) is 0.133. The average Bonchev–Trinajstić information content (AvgIpc) is 2.43. The topological polar surface area (TPSA) is 55.1 Å². The first-order valence-corrected chi connectivity index (χ1v) is 7.31. The number of halogens is 2. The van der Waals surface area contributed by atoms with E-state index in [-0.39, 0.29) is 5.91 Å². The van der Waals surface area contributed by atoms with Gasteiger partial charge in [-0.2, -0.15) is 0 Å². The van der Waals surface area contributed by atoms with Gasteiger partial charge in [0.2, 0.25) is 0 Å². The van der Waals surface area contributed by atoms with Gasteiger partial charge in [-0.25, -0.2) is 0 Å². The molecule has 3 N–H and O–H groups in total. The van der Waals surface area contributed by atoms with Crippen LogP contribution < -0.4 is 11.1 Å². The van der Waals surface area contributed by atoms with Gasteiger partial charge in [-0.1, -0.05) is 23.7 Å². The van der Waals surface area contributed by atoms with Gasteiger partial charge in [-0.3, -0.25) is 4.79 Å². The second-order valence-electron chi connectivity index (χ2n) is 4.37. The molecular weight excluding hydrogens is 340 g/mol. The van der Waals surface area contributed by atoms with Crippen molar-refractivity contribution in [2.24, 2.45) is 0 Å². The van der Waals surface area contributed by atoms with E-state index in [1.165, 1.54) is 0 Å². The lowest BCUT2D eigenvalue weighted by atomic mass is 10.1. The monoisotopic (exact) mass is 352 g/mol. The minimum Gasteiger partial charge on any atom is -0.399 e. The van der Waals surface area contributed by atoms with Crippen LogP contribution in [0.4, 0.5) is 5.69 Å². The van der Waals surface area contributed by atoms with Crippen LogP contribution in [0.15, 0.2) is 46.9 Å². The number of carbonyl (C=O) groups excluding carboxylic acids is 1. The zero-order valence-electron chi connectivity index (χ0n) is 10.7. The second-order valence-corrected chi connectivity index (χ2v) is 5.66. The fourth-order valence-corrected chi connectivity index (χ4v) is 2.37. The first-order valence-electron chi connectivity index (χ1n) is 6.14. The van der Waals surface area contributed by atoms with E-state index in [4.69, 9.17) is 17.3 Å². The Kier molecular flexibility index (Phi) is 5.04. The summed E-state index contributed by atoms with van der Waals surface area (Å²) in [6.07, 6.45) is 0.754. The Morgan fingerprint density at radius 1 is 1.20 bits per heavy atom. The van der Waals surface area contributed by atoms with Crippen LogP contribution in [0.5, 0.6) is 0 Å². The molecule has 0 aromatic heterocycles. The lowest BCUT2D eigenvalue weighted by Gasteiger charge is -2.07. The van der Waals surface area contributed by atoms with Crippen LogP contribution in [0.1, 0.15) is 15.9 Å². The van der Waals surface area contributed by atoms with E-state index in [9.17, 15) is 4.79 Å². The Morgan fingerprint density at radius 3 is 2.60 bits per heavy atom. The molecule has 0 atom stereocenters. The van der Waals surface area contributed by atoms with Gasteiger partial charge in [0.25, 0.3) is 5.91 Å². The van der Waals surface area contributed by atoms with Gasteiger partial charge in [0.15, 0.2) is 0 Å². The Labute approximate surface area is 131 Å². The number of nitrogens with one attached hydrogen (secondary N) is 1. The van der Waals surface area contributed by atoms with Crippen LogP contribution in [-0.2, 0) is 6.42 Å². The van der Waals surface area contributed by atoms with Crippen LogP contribution in [-0.4, -0.2) is 12.5 Å². The highest BCUT2D eigenvalue weighted by atomic mass is 79.9. The first-order chi connectivity index (χ1) is 9.56. The van der Waals surface area contributed by atoms with Crippen molar-refractivity contribution in [3.05, 3.63) is 63.1 Å². The number of hydrogen-bond donors (Lipinski definition) is 2. The molecule has 0 bridgehead atoms. The first kappa shape index (κ1) is 14.9. The molecule has 0 aliphatic carbocycles. The second kappa shape index (κ2) is 6.77. The largest absolute Gasteiger partial charge is 0.399 e. The van der Waals surface area contributed by atoms with Crippen molar-refractivity contribution in [3.63, 3.8) is 0 Å². The van der Waals surface area contributed by atoms with Crippen molar-refractivity contribution in [2.45, 2.75) is 6.42 Å². The zero-order chi connectivity index (χ0) is 14.5. The van der Waals surface area contributed by atoms with Gasteiger partial charge < -0.3 is 11.1 Å². The third-order valence-electron chi connectivity index (χ3n) is 2.85. The normalized spacial score (nSPS) is 10.3. The standard InChI is InChI=1S/C15H14BrClN2O/c16-14-6-3-11(17)9-13(14)15(20)19-8-7-10-1-4-12(18)5-2-10/h1-6,9H,7-8,18H2,(H,19,20). The smallest absolute Gasteiger partial charge is 0.252 e. The maximum absolute atomic E-state index is 12.0. The number of benzene rings is 2. The number of rotatable bonds is 4. The molecule has 0 unspecified atom stereocenters. The molecule has 3 nitrogen and oxygen atoms in total. The van der Waals surface area contributed by atoms with Crippen molar-refractivity contribution in [1.29, 1.82) is 0 Å². The summed E-state index contributed by atoms with van der Waals surface area (Å²) in [6.45, 7) is 0.557. The minimum atomic E-state index is -0.144. The lowest BCUT2D eigenvalue weighted by molar-refractivity contribution is 0.0953. The van der Waals surface area contributed by atoms with Crippen molar-refractivity contribution in [1.82, 2.24) is 5.32 Å². The predicted molar refractivity (Wildman–Crippen MR) is 86.0 cm³/mol. The maximum Gasteiger partial charge on any atom is 0.252 e. The highest BCUT2D eigenvalue weighted by molar-refractivity contribution is 9.10. The summed E-state index contributed by atoms with van der Waals surface area (Å²) in [5.74, 6) is -0.144. The molecule has 104 valence electrons. The van der Waals surface area contributed by atoms with E-state index < -0.39 is 0 Å². The summed E-state index contributed by atoms with van der Waals surface area (Å²) in [5, 5.41) is 3.41. The molecule has 2 rings (SSSR count). The van der Waals surface area contributed by atoms with Crippen LogP contribution >= 0.6 is 27.5 Å². The number of carbonyl (C=O) groups is 1. The molecule has 20 heavy (non-hydrogen) atoms. The van der Waals surface area contributed by atoms with Crippen molar-refractivity contribution in [2.75, 3.05) is 12.3 Å². The Morgan fingerprint density at radius 2 is 1.90 bits per heavy atom. The molecule has 0 saturated heterocycles. The molecule has 0 aliphatic rings. The Balaban J connectivity index is 1.92. The van der Waals surface area contributed by atoms with Crippen LogP contribution in [0.2, 0.25) is 5.02 Å². The van der Waals surface area contributed by atoms with Gasteiger partial charge in [0.05, 0.1) is 5.56 Å². The molecule has 0 saturated carbocycles. The van der Waals surface area contributed by atoms with Gasteiger partial charge in [0.1, 0.15) is 0 Å². The molecule has 0 aliphatic heterocycles. The molecule has 0 fully saturated rings. The van der Waals surface area contributed by atoms with E-state index in [2.05, 4.69) is 21.2 Å². The van der Waals surface area contributed by atoms with Crippen molar-refractivity contribution in [3.8, 4) is 0 Å². The quantitative estimate of drug-likeness (QED) is 0.824. The number of nitrogen functional groups attached to an aromatic ring is 1. The molecule has 2 aromatic carbocycles. The lowest BCUT2D eigenvalue weighted by Crippen LogP contribution is -2.26. The zero-order valence-corrected chi connectivity index (χ0v) is 13.0. The molecule has 0 spiro atoms. The summed E-state index contributed by atoms with van der Waals surface area (Å²) in [6, 6.07) is 12.8. The molecule has 0 heterocycles. The van der Waals surface area contributed by atoms with Crippen molar-refractivity contribution >= 4 is 39.1 Å². The number of amides is 1. The fourth-order valence-electron chi connectivity index (χ4n) is 1.77. The summed E-state index contributed by atoms with van der Waals surface area (Å²) in [5.41, 5.74) is 8.03. The summed E-state index contributed by atoms with van der Waals surface area (Å²) in [4.78, 5) is 12.0. The highest BCUT2D eigenvalue weighted by Crippen LogP contribution is 2.21. The van der Waals surface area contributed by atoms with Gasteiger partial charge in [-0.05, 0) is 58.2 Å². The van der Waals surface area contributed by atoms with Gasteiger partial charge in [-0.15, -0.1) is 0 Å². The molecule has 2 aromatic rings. The number of anilines is 1. The SMILES string of the molecule is Nc1ccc(CCNC(=O)c2cc(Cl)ccc2Br)cc1. The molecule has 0 radical (unpaired) electrons. The summed E-state index contributed by atoms with van der Waals surface area (Å²) < 4.78 is 0.729. The van der Waals surface area contributed by atoms with E-state index in [1.54, 1.807) is 18.2 Å². The van der Waals surface area contributed by atoms with E-state index in [0.29, 0.717) is 17.1 Å².